The van der Waals surface area contributed by atoms with Gasteiger partial charge < -0.3 is 0 Å². The summed E-state index contributed by atoms with van der Waals surface area (Å²) in [7, 11) is 0. The third kappa shape index (κ3) is 3.76. The van der Waals surface area contributed by atoms with E-state index in [-0.39, 0.29) is 4.83 Å². The van der Waals surface area contributed by atoms with Crippen LogP contribution in [-0.2, 0) is 12.6 Å². The van der Waals surface area contributed by atoms with Crippen LogP contribution in [-0.4, -0.2) is 0 Å². The molecule has 0 aliphatic rings. The van der Waals surface area contributed by atoms with Crippen LogP contribution >= 0.6 is 27.5 Å². The van der Waals surface area contributed by atoms with Gasteiger partial charge in [0.25, 0.3) is 0 Å². The van der Waals surface area contributed by atoms with Crippen molar-refractivity contribution in [2.75, 3.05) is 0 Å². The van der Waals surface area contributed by atoms with Crippen molar-refractivity contribution in [2.45, 2.75) is 17.4 Å². The topological polar surface area (TPSA) is 0 Å². The molecule has 1 atom stereocenters. The molecule has 0 amide bonds. The molecule has 2 aromatic rings. The van der Waals surface area contributed by atoms with E-state index < -0.39 is 11.7 Å². The van der Waals surface area contributed by atoms with E-state index in [4.69, 9.17) is 11.6 Å². The molecule has 0 fully saturated rings. The first kappa shape index (κ1) is 15.4. The number of alkyl halides is 4. The summed E-state index contributed by atoms with van der Waals surface area (Å²) in [4.78, 5) is -0.218. The minimum Gasteiger partial charge on any atom is -0.166 e. The average Bonchev–Trinajstić information content (AvgIpc) is 2.40. The van der Waals surface area contributed by atoms with Gasteiger partial charge in [-0.1, -0.05) is 63.9 Å². The maximum absolute atomic E-state index is 12.7. The Bertz CT molecular complexity index is 596. The standard InChI is InChI=1S/C15H11BrClF3/c16-13(9-11-4-1-2-7-14(11)17)10-5-3-6-12(8-10)15(18,19)20/h1-8,13H,9H2. The molecule has 2 aromatic carbocycles. The van der Waals surface area contributed by atoms with Crippen LogP contribution in [0.5, 0.6) is 0 Å². The molecule has 106 valence electrons. The molecule has 0 radical (unpaired) electrons. The van der Waals surface area contributed by atoms with E-state index in [0.717, 1.165) is 17.7 Å². The monoisotopic (exact) mass is 362 g/mol. The van der Waals surface area contributed by atoms with Crippen LogP contribution in [0.4, 0.5) is 13.2 Å². The van der Waals surface area contributed by atoms with Crippen LogP contribution in [0.1, 0.15) is 21.5 Å². The van der Waals surface area contributed by atoms with Crippen molar-refractivity contribution in [3.63, 3.8) is 0 Å². The Hall–Kier alpha value is -1.00. The predicted molar refractivity (Wildman–Crippen MR) is 78.3 cm³/mol. The molecule has 20 heavy (non-hydrogen) atoms. The quantitative estimate of drug-likeness (QED) is 0.583. The molecule has 2 rings (SSSR count). The highest BCUT2D eigenvalue weighted by molar-refractivity contribution is 9.09. The smallest absolute Gasteiger partial charge is 0.166 e. The molecule has 0 aromatic heterocycles. The molecule has 1 unspecified atom stereocenters. The molecular weight excluding hydrogens is 353 g/mol. The number of benzene rings is 2. The van der Waals surface area contributed by atoms with Gasteiger partial charge in [-0.25, -0.2) is 0 Å². The van der Waals surface area contributed by atoms with E-state index in [9.17, 15) is 13.2 Å². The molecule has 0 bridgehead atoms. The second kappa shape index (κ2) is 6.19. The number of hydrogen-bond donors (Lipinski definition) is 0. The first-order chi connectivity index (χ1) is 9.38. The summed E-state index contributed by atoms with van der Waals surface area (Å²) in [6.07, 6.45) is -3.80. The highest BCUT2D eigenvalue weighted by Crippen LogP contribution is 2.34. The maximum Gasteiger partial charge on any atom is 0.416 e. The van der Waals surface area contributed by atoms with Gasteiger partial charge in [0, 0.05) is 9.85 Å². The van der Waals surface area contributed by atoms with Crippen molar-refractivity contribution in [3.05, 3.63) is 70.2 Å². The normalized spacial score (nSPS) is 13.2. The first-order valence-corrected chi connectivity index (χ1v) is 7.22. The van der Waals surface area contributed by atoms with Crippen LogP contribution in [0.25, 0.3) is 0 Å². The molecule has 0 N–H and O–H groups in total. The zero-order valence-electron chi connectivity index (χ0n) is 10.3. The lowest BCUT2D eigenvalue weighted by Crippen LogP contribution is -2.06. The summed E-state index contributed by atoms with van der Waals surface area (Å²) in [5, 5.41) is 0.615. The van der Waals surface area contributed by atoms with Crippen molar-refractivity contribution in [2.24, 2.45) is 0 Å². The first-order valence-electron chi connectivity index (χ1n) is 5.92. The Morgan fingerprint density at radius 1 is 1.05 bits per heavy atom. The van der Waals surface area contributed by atoms with E-state index in [1.165, 1.54) is 6.07 Å². The van der Waals surface area contributed by atoms with Gasteiger partial charge in [-0.2, -0.15) is 13.2 Å². The molecule has 5 heteroatoms. The van der Waals surface area contributed by atoms with E-state index in [2.05, 4.69) is 15.9 Å². The second-order valence-corrected chi connectivity index (χ2v) is 5.90. The molecule has 0 aliphatic heterocycles. The molecule has 0 spiro atoms. The van der Waals surface area contributed by atoms with E-state index >= 15 is 0 Å². The highest BCUT2D eigenvalue weighted by atomic mass is 79.9. The Morgan fingerprint density at radius 2 is 1.75 bits per heavy atom. The third-order valence-electron chi connectivity index (χ3n) is 2.93. The van der Waals surface area contributed by atoms with Gasteiger partial charge in [0.1, 0.15) is 0 Å². The Kier molecular flexibility index (Phi) is 4.76. The lowest BCUT2D eigenvalue weighted by molar-refractivity contribution is -0.137. The van der Waals surface area contributed by atoms with Gasteiger partial charge in [-0.05, 0) is 29.7 Å². The molecule has 0 aliphatic carbocycles. The Morgan fingerprint density at radius 3 is 2.40 bits per heavy atom. The highest BCUT2D eigenvalue weighted by Gasteiger charge is 2.30. The number of hydrogen-bond acceptors (Lipinski definition) is 0. The van der Waals surface area contributed by atoms with Crippen LogP contribution in [0.2, 0.25) is 5.02 Å². The van der Waals surface area contributed by atoms with E-state index in [0.29, 0.717) is 17.0 Å². The fraction of sp³-hybridized carbons (Fsp3) is 0.200. The summed E-state index contributed by atoms with van der Waals surface area (Å²) < 4.78 is 38.1. The number of rotatable bonds is 3. The van der Waals surface area contributed by atoms with Gasteiger partial charge >= 0.3 is 6.18 Å². The number of halogens is 5. The van der Waals surface area contributed by atoms with Crippen molar-refractivity contribution < 1.29 is 13.2 Å². The Labute approximate surface area is 128 Å². The van der Waals surface area contributed by atoms with Gasteiger partial charge in [0.2, 0.25) is 0 Å². The summed E-state index contributed by atoms with van der Waals surface area (Å²) >= 11 is 9.49. The molecular formula is C15H11BrClF3. The van der Waals surface area contributed by atoms with Crippen molar-refractivity contribution in [3.8, 4) is 0 Å². The van der Waals surface area contributed by atoms with Crippen molar-refractivity contribution in [1.29, 1.82) is 0 Å². The fourth-order valence-electron chi connectivity index (χ4n) is 1.88. The summed E-state index contributed by atoms with van der Waals surface area (Å²) in [6.45, 7) is 0. The third-order valence-corrected chi connectivity index (χ3v) is 4.15. The van der Waals surface area contributed by atoms with Crippen LogP contribution in [0.3, 0.4) is 0 Å². The minimum absolute atomic E-state index is 0.218. The van der Waals surface area contributed by atoms with Crippen molar-refractivity contribution in [1.82, 2.24) is 0 Å². The van der Waals surface area contributed by atoms with Crippen LogP contribution in [0.15, 0.2) is 48.5 Å². The van der Waals surface area contributed by atoms with Gasteiger partial charge in [0.05, 0.1) is 5.56 Å². The molecule has 0 saturated heterocycles. The van der Waals surface area contributed by atoms with Gasteiger partial charge in [-0.15, -0.1) is 0 Å². The van der Waals surface area contributed by atoms with E-state index in [1.807, 2.05) is 18.2 Å². The minimum atomic E-state index is -4.33. The molecule has 0 nitrogen and oxygen atoms in total. The SMILES string of the molecule is FC(F)(F)c1cccc(C(Br)Cc2ccccc2Cl)c1. The zero-order valence-corrected chi connectivity index (χ0v) is 12.6. The second-order valence-electron chi connectivity index (χ2n) is 4.39. The van der Waals surface area contributed by atoms with E-state index in [1.54, 1.807) is 12.1 Å². The zero-order chi connectivity index (χ0) is 14.8. The predicted octanol–water partition coefficient (Wildman–Crippen LogP) is 6.04. The largest absolute Gasteiger partial charge is 0.416 e. The van der Waals surface area contributed by atoms with Crippen LogP contribution in [0, 0.1) is 0 Å². The fourth-order valence-corrected chi connectivity index (χ4v) is 2.73. The van der Waals surface area contributed by atoms with Gasteiger partial charge in [-0.3, -0.25) is 0 Å². The summed E-state index contributed by atoms with van der Waals surface area (Å²) in [6, 6.07) is 12.6. The average molecular weight is 364 g/mol. The van der Waals surface area contributed by atoms with Crippen molar-refractivity contribution >= 4 is 27.5 Å². The van der Waals surface area contributed by atoms with Crippen LogP contribution < -0.4 is 0 Å². The lowest BCUT2D eigenvalue weighted by Gasteiger charge is -2.14. The Balaban J connectivity index is 2.22. The summed E-state index contributed by atoms with van der Waals surface area (Å²) in [5.41, 5.74) is 0.840. The maximum atomic E-state index is 12.7. The molecule has 0 saturated carbocycles. The van der Waals surface area contributed by atoms with Gasteiger partial charge in [0.15, 0.2) is 0 Å². The molecule has 0 heterocycles. The summed E-state index contributed by atoms with van der Waals surface area (Å²) in [5.74, 6) is 0. The lowest BCUT2D eigenvalue weighted by atomic mass is 10.0.